The van der Waals surface area contributed by atoms with Gasteiger partial charge in [0, 0.05) is 32.7 Å². The van der Waals surface area contributed by atoms with Crippen molar-refractivity contribution in [1.82, 2.24) is 20.4 Å². The van der Waals surface area contributed by atoms with Crippen LogP contribution in [0.15, 0.2) is 52.9 Å². The monoisotopic (exact) mass is 437 g/mol. The minimum atomic E-state index is -0.350. The number of carbonyl (C=O) groups excluding carboxylic acids is 1. The molecule has 0 aliphatic carbocycles. The standard InChI is InChI=1S/C24H28FN5O2/c1-18-7-9-19(10-8-18)17-22-27-28-24(32-22)23(31)26-11-4-12-29-13-15-30(16-14-29)21-6-3-2-5-20(21)25/h2-3,5-10H,4,11-17H2,1H3,(H,26,31). The summed E-state index contributed by atoms with van der Waals surface area (Å²) in [6.07, 6.45) is 1.31. The van der Waals surface area contributed by atoms with Crippen LogP contribution in [0.5, 0.6) is 0 Å². The summed E-state index contributed by atoms with van der Waals surface area (Å²) in [4.78, 5) is 16.7. The molecule has 168 valence electrons. The lowest BCUT2D eigenvalue weighted by Gasteiger charge is -2.36. The van der Waals surface area contributed by atoms with Crippen LogP contribution in [0.4, 0.5) is 10.1 Å². The second-order valence-corrected chi connectivity index (χ2v) is 8.05. The van der Waals surface area contributed by atoms with Gasteiger partial charge in [-0.1, -0.05) is 42.0 Å². The second kappa shape index (κ2) is 10.4. The summed E-state index contributed by atoms with van der Waals surface area (Å²) in [5.41, 5.74) is 2.91. The van der Waals surface area contributed by atoms with Crippen molar-refractivity contribution >= 4 is 11.6 Å². The number of aromatic nitrogens is 2. The molecule has 1 fully saturated rings. The molecule has 1 saturated heterocycles. The number of aryl methyl sites for hydroxylation is 1. The van der Waals surface area contributed by atoms with E-state index in [0.717, 1.165) is 44.7 Å². The van der Waals surface area contributed by atoms with Gasteiger partial charge in [-0.25, -0.2) is 4.39 Å². The van der Waals surface area contributed by atoms with Gasteiger partial charge in [0.1, 0.15) is 5.82 Å². The first-order valence-electron chi connectivity index (χ1n) is 11.0. The SMILES string of the molecule is Cc1ccc(Cc2nnc(C(=O)NCCCN3CCN(c4ccccc4F)CC3)o2)cc1. The van der Waals surface area contributed by atoms with Gasteiger partial charge in [0.25, 0.3) is 0 Å². The Kier molecular flexibility index (Phi) is 7.11. The first-order valence-corrected chi connectivity index (χ1v) is 11.0. The Morgan fingerprint density at radius 3 is 2.56 bits per heavy atom. The molecule has 32 heavy (non-hydrogen) atoms. The van der Waals surface area contributed by atoms with Crippen LogP contribution >= 0.6 is 0 Å². The van der Waals surface area contributed by atoms with Crippen LogP contribution in [-0.4, -0.2) is 60.3 Å². The van der Waals surface area contributed by atoms with Gasteiger partial charge >= 0.3 is 11.8 Å². The van der Waals surface area contributed by atoms with Crippen molar-refractivity contribution in [1.29, 1.82) is 0 Å². The number of rotatable bonds is 8. The third-order valence-electron chi connectivity index (χ3n) is 5.64. The maximum absolute atomic E-state index is 13.9. The smallest absolute Gasteiger partial charge is 0.308 e. The maximum Gasteiger partial charge on any atom is 0.308 e. The average Bonchev–Trinajstić information content (AvgIpc) is 3.28. The van der Waals surface area contributed by atoms with Crippen molar-refractivity contribution < 1.29 is 13.6 Å². The van der Waals surface area contributed by atoms with E-state index < -0.39 is 0 Å². The number of halogens is 1. The lowest BCUT2D eigenvalue weighted by Crippen LogP contribution is -2.47. The van der Waals surface area contributed by atoms with Crippen molar-refractivity contribution in [2.75, 3.05) is 44.2 Å². The summed E-state index contributed by atoms with van der Waals surface area (Å²) < 4.78 is 19.5. The van der Waals surface area contributed by atoms with Crippen LogP contribution < -0.4 is 10.2 Å². The Morgan fingerprint density at radius 2 is 1.81 bits per heavy atom. The molecule has 4 rings (SSSR count). The van der Waals surface area contributed by atoms with Crippen LogP contribution in [-0.2, 0) is 6.42 Å². The number of hydrogen-bond donors (Lipinski definition) is 1. The molecule has 0 saturated carbocycles. The Labute approximate surface area is 187 Å². The number of carbonyl (C=O) groups is 1. The van der Waals surface area contributed by atoms with E-state index in [4.69, 9.17) is 4.42 Å². The average molecular weight is 438 g/mol. The van der Waals surface area contributed by atoms with Crippen molar-refractivity contribution in [2.24, 2.45) is 0 Å². The van der Waals surface area contributed by atoms with E-state index in [1.165, 1.54) is 11.6 Å². The number of piperazine rings is 1. The zero-order valence-corrected chi connectivity index (χ0v) is 18.3. The van der Waals surface area contributed by atoms with E-state index in [1.807, 2.05) is 43.3 Å². The summed E-state index contributed by atoms with van der Waals surface area (Å²) in [5, 5.41) is 10.7. The van der Waals surface area contributed by atoms with Gasteiger partial charge in [0.05, 0.1) is 12.1 Å². The van der Waals surface area contributed by atoms with Gasteiger partial charge < -0.3 is 14.6 Å². The number of nitrogens with zero attached hydrogens (tertiary/aromatic N) is 4. The summed E-state index contributed by atoms with van der Waals surface area (Å²) in [7, 11) is 0. The van der Waals surface area contributed by atoms with Crippen LogP contribution in [0.2, 0.25) is 0 Å². The minimum absolute atomic E-state index is 0.00869. The molecule has 0 bridgehead atoms. The van der Waals surface area contributed by atoms with Gasteiger partial charge in [0.15, 0.2) is 0 Å². The first-order chi connectivity index (χ1) is 15.6. The fraction of sp³-hybridized carbons (Fsp3) is 0.375. The van der Waals surface area contributed by atoms with E-state index in [9.17, 15) is 9.18 Å². The largest absolute Gasteiger partial charge is 0.417 e. The third kappa shape index (κ3) is 5.70. The number of nitrogens with one attached hydrogen (secondary N) is 1. The van der Waals surface area contributed by atoms with Crippen LogP contribution in [0.25, 0.3) is 0 Å². The molecule has 2 heterocycles. The number of hydrogen-bond acceptors (Lipinski definition) is 6. The van der Waals surface area contributed by atoms with E-state index in [-0.39, 0.29) is 17.6 Å². The van der Waals surface area contributed by atoms with Gasteiger partial charge in [-0.2, -0.15) is 0 Å². The fourth-order valence-corrected chi connectivity index (χ4v) is 3.80. The molecule has 0 radical (unpaired) electrons. The van der Waals surface area contributed by atoms with Crippen LogP contribution in [0.3, 0.4) is 0 Å². The van der Waals surface area contributed by atoms with Gasteiger partial charge in [-0.3, -0.25) is 9.69 Å². The molecule has 1 amide bonds. The highest BCUT2D eigenvalue weighted by atomic mass is 19.1. The summed E-state index contributed by atoms with van der Waals surface area (Å²) in [5.74, 6) is -0.110. The van der Waals surface area contributed by atoms with Gasteiger partial charge in [0.2, 0.25) is 5.89 Å². The molecule has 8 heteroatoms. The molecular formula is C24H28FN5O2. The molecule has 2 aromatic carbocycles. The van der Waals surface area contributed by atoms with Crippen molar-refractivity contribution in [3.63, 3.8) is 0 Å². The maximum atomic E-state index is 13.9. The zero-order chi connectivity index (χ0) is 22.3. The molecule has 0 unspecified atom stereocenters. The fourth-order valence-electron chi connectivity index (χ4n) is 3.80. The molecule has 3 aromatic rings. The molecule has 1 N–H and O–H groups in total. The number of benzene rings is 2. The van der Waals surface area contributed by atoms with E-state index in [1.54, 1.807) is 6.07 Å². The predicted molar refractivity (Wildman–Crippen MR) is 120 cm³/mol. The molecular weight excluding hydrogens is 409 g/mol. The number of amides is 1. The lowest BCUT2D eigenvalue weighted by molar-refractivity contribution is 0.0915. The van der Waals surface area contributed by atoms with E-state index >= 15 is 0 Å². The molecule has 0 spiro atoms. The second-order valence-electron chi connectivity index (χ2n) is 8.05. The topological polar surface area (TPSA) is 74.5 Å². The first kappa shape index (κ1) is 22.0. The number of para-hydroxylation sites is 1. The molecule has 0 atom stereocenters. The molecule has 1 aliphatic heterocycles. The predicted octanol–water partition coefficient (Wildman–Crippen LogP) is 3.05. The highest BCUT2D eigenvalue weighted by Crippen LogP contribution is 2.20. The normalized spacial score (nSPS) is 14.5. The lowest BCUT2D eigenvalue weighted by atomic mass is 10.1. The van der Waals surface area contributed by atoms with Crippen LogP contribution in [0, 0.1) is 12.7 Å². The highest BCUT2D eigenvalue weighted by molar-refractivity contribution is 5.89. The summed E-state index contributed by atoms with van der Waals surface area (Å²) in [6, 6.07) is 15.0. The Balaban J connectivity index is 1.16. The molecule has 7 nitrogen and oxygen atoms in total. The number of anilines is 1. The van der Waals surface area contributed by atoms with Crippen molar-refractivity contribution in [3.05, 3.63) is 77.3 Å². The summed E-state index contributed by atoms with van der Waals surface area (Å²) >= 11 is 0. The summed E-state index contributed by atoms with van der Waals surface area (Å²) in [6.45, 7) is 6.75. The van der Waals surface area contributed by atoms with Crippen molar-refractivity contribution in [2.45, 2.75) is 19.8 Å². The minimum Gasteiger partial charge on any atom is -0.417 e. The highest BCUT2D eigenvalue weighted by Gasteiger charge is 2.19. The van der Waals surface area contributed by atoms with Crippen LogP contribution in [0.1, 0.15) is 34.1 Å². The molecule has 1 aromatic heterocycles. The Bertz CT molecular complexity index is 1030. The quantitative estimate of drug-likeness (QED) is 0.546. The third-order valence-corrected chi connectivity index (χ3v) is 5.64. The van der Waals surface area contributed by atoms with E-state index in [2.05, 4.69) is 25.3 Å². The Hall–Kier alpha value is -3.26. The molecule has 1 aliphatic rings. The van der Waals surface area contributed by atoms with E-state index in [0.29, 0.717) is 24.5 Å². The zero-order valence-electron chi connectivity index (χ0n) is 18.3. The van der Waals surface area contributed by atoms with Gasteiger partial charge in [-0.05, 0) is 37.6 Å². The Morgan fingerprint density at radius 1 is 1.06 bits per heavy atom. The van der Waals surface area contributed by atoms with Crippen molar-refractivity contribution in [3.8, 4) is 0 Å². The van der Waals surface area contributed by atoms with Gasteiger partial charge in [-0.15, -0.1) is 10.2 Å².